The van der Waals surface area contributed by atoms with Gasteiger partial charge in [-0.2, -0.15) is 0 Å². The van der Waals surface area contributed by atoms with E-state index in [-0.39, 0.29) is 35.1 Å². The van der Waals surface area contributed by atoms with Gasteiger partial charge >= 0.3 is 5.97 Å². The highest BCUT2D eigenvalue weighted by Gasteiger charge is 2.55. The van der Waals surface area contributed by atoms with E-state index < -0.39 is 0 Å². The van der Waals surface area contributed by atoms with Crippen molar-refractivity contribution < 1.29 is 18.7 Å². The molecule has 0 radical (unpaired) electrons. The summed E-state index contributed by atoms with van der Waals surface area (Å²) in [6.45, 7) is 3.96. The van der Waals surface area contributed by atoms with Crippen LogP contribution in [-0.4, -0.2) is 25.0 Å². The largest absolute Gasteiger partial charge is 0.469 e. The molecule has 2 saturated carbocycles. The van der Waals surface area contributed by atoms with E-state index in [9.17, 15) is 9.59 Å². The Morgan fingerprint density at radius 1 is 1.03 bits per heavy atom. The molecule has 0 atom stereocenters. The molecular weight excluding hydrogens is 461 g/mol. The summed E-state index contributed by atoms with van der Waals surface area (Å²) < 4.78 is 19.9. The van der Waals surface area contributed by atoms with Gasteiger partial charge in [0.1, 0.15) is 5.82 Å². The Kier molecular flexibility index (Phi) is 6.26. The first-order valence-corrected chi connectivity index (χ1v) is 12.9. The van der Waals surface area contributed by atoms with Crippen molar-refractivity contribution >= 4 is 23.2 Å². The topological polar surface area (TPSA) is 55.4 Å². The van der Waals surface area contributed by atoms with E-state index in [2.05, 4.69) is 5.32 Å². The van der Waals surface area contributed by atoms with E-state index in [4.69, 9.17) is 4.74 Å². The lowest BCUT2D eigenvalue weighted by Crippen LogP contribution is -2.57. The Bertz CT molecular complexity index is 1270. The number of rotatable bonds is 6. The van der Waals surface area contributed by atoms with Gasteiger partial charge in [-0.05, 0) is 73.3 Å². The summed E-state index contributed by atoms with van der Waals surface area (Å²) in [5.74, 6) is -0.451. The number of hydrogen-bond acceptors (Lipinski definition) is 4. The molecule has 1 spiro atoms. The predicted molar refractivity (Wildman–Crippen MR) is 136 cm³/mol. The normalized spacial score (nSPS) is 22.9. The first-order chi connectivity index (χ1) is 16.8. The van der Waals surface area contributed by atoms with Crippen LogP contribution in [0, 0.1) is 31.0 Å². The van der Waals surface area contributed by atoms with Crippen molar-refractivity contribution in [3.8, 4) is 11.1 Å². The van der Waals surface area contributed by atoms with E-state index in [0.717, 1.165) is 52.1 Å². The molecule has 0 saturated heterocycles. The zero-order chi connectivity index (χ0) is 24.7. The van der Waals surface area contributed by atoms with E-state index in [1.165, 1.54) is 7.11 Å². The summed E-state index contributed by atoms with van der Waals surface area (Å²) in [5.41, 5.74) is 4.17. The van der Waals surface area contributed by atoms with Crippen LogP contribution in [0.15, 0.2) is 48.5 Å². The molecule has 0 aliphatic heterocycles. The Labute approximate surface area is 209 Å². The van der Waals surface area contributed by atoms with Crippen molar-refractivity contribution in [1.29, 1.82) is 0 Å². The standard InChI is InChI=1S/C29H30FNO3S/c1-17-24(11-21-10-9-20(12-25(21)30)19-7-5-4-6-8-19)26(18(2)35-17)27(32)31-23-15-29(16-23)13-22(14-29)28(33)34-3/h4-10,12,22-23H,11,13-16H2,1-3H3,(H,31,32). The minimum Gasteiger partial charge on any atom is -0.469 e. The number of carbonyl (C=O) groups excluding carboxylic acids is 2. The third kappa shape index (κ3) is 4.52. The van der Waals surface area contributed by atoms with Crippen LogP contribution in [0.4, 0.5) is 4.39 Å². The highest BCUT2D eigenvalue weighted by Crippen LogP contribution is 2.59. The molecule has 0 unspecified atom stereocenters. The van der Waals surface area contributed by atoms with Gasteiger partial charge in [-0.25, -0.2) is 4.39 Å². The molecule has 1 N–H and O–H groups in total. The highest BCUT2D eigenvalue weighted by atomic mass is 32.1. The quantitative estimate of drug-likeness (QED) is 0.416. The van der Waals surface area contributed by atoms with E-state index in [1.807, 2.05) is 56.3 Å². The lowest BCUT2D eigenvalue weighted by molar-refractivity contribution is -0.159. The minimum absolute atomic E-state index is 0.00759. The van der Waals surface area contributed by atoms with Gasteiger partial charge in [-0.3, -0.25) is 9.59 Å². The summed E-state index contributed by atoms with van der Waals surface area (Å²) in [7, 11) is 1.43. The second kappa shape index (κ2) is 9.23. The predicted octanol–water partition coefficient (Wildman–Crippen LogP) is 6.22. The molecular formula is C29H30FNO3S. The third-order valence-corrected chi connectivity index (χ3v) is 8.79. The van der Waals surface area contributed by atoms with Crippen molar-refractivity contribution in [1.82, 2.24) is 5.32 Å². The van der Waals surface area contributed by atoms with Gasteiger partial charge in [-0.15, -0.1) is 11.3 Å². The maximum atomic E-state index is 15.1. The van der Waals surface area contributed by atoms with Gasteiger partial charge in [-0.1, -0.05) is 42.5 Å². The van der Waals surface area contributed by atoms with Crippen LogP contribution in [0.2, 0.25) is 0 Å². The maximum Gasteiger partial charge on any atom is 0.308 e. The summed E-state index contributed by atoms with van der Waals surface area (Å²) >= 11 is 1.59. The number of amides is 1. The molecule has 2 aliphatic carbocycles. The summed E-state index contributed by atoms with van der Waals surface area (Å²) in [5, 5.41) is 3.20. The number of ether oxygens (including phenoxy) is 1. The van der Waals surface area contributed by atoms with Gasteiger partial charge in [0.15, 0.2) is 0 Å². The fourth-order valence-corrected chi connectivity index (χ4v) is 7.00. The molecule has 6 heteroatoms. The maximum absolute atomic E-state index is 15.1. The number of halogens is 1. The minimum atomic E-state index is -0.257. The Hall–Kier alpha value is -2.99. The lowest BCUT2D eigenvalue weighted by atomic mass is 9.50. The Morgan fingerprint density at radius 3 is 2.40 bits per heavy atom. The third-order valence-electron chi connectivity index (χ3n) is 7.73. The average Bonchev–Trinajstić information content (AvgIpc) is 3.08. The molecule has 2 fully saturated rings. The SMILES string of the molecule is COC(=O)C1CC2(CC(NC(=O)c3c(C)sc(C)c3Cc3ccc(-c4ccccc4)cc3F)C2)C1. The molecule has 1 heterocycles. The fraction of sp³-hybridized carbons (Fsp3) is 0.379. The number of methoxy groups -OCH3 is 1. The molecule has 2 aromatic carbocycles. The Balaban J connectivity index is 1.27. The monoisotopic (exact) mass is 491 g/mol. The zero-order valence-corrected chi connectivity index (χ0v) is 21.1. The Morgan fingerprint density at radius 2 is 1.74 bits per heavy atom. The number of benzene rings is 2. The summed E-state index contributed by atoms with van der Waals surface area (Å²) in [4.78, 5) is 27.0. The van der Waals surface area contributed by atoms with Crippen LogP contribution in [0.5, 0.6) is 0 Å². The number of nitrogens with one attached hydrogen (secondary N) is 1. The molecule has 4 nitrogen and oxygen atoms in total. The molecule has 0 bridgehead atoms. The summed E-state index contributed by atoms with van der Waals surface area (Å²) in [6.07, 6.45) is 3.89. The molecule has 182 valence electrons. The van der Waals surface area contributed by atoms with Crippen LogP contribution in [0.25, 0.3) is 11.1 Å². The van der Waals surface area contributed by atoms with Gasteiger partial charge in [0.25, 0.3) is 5.91 Å². The van der Waals surface area contributed by atoms with Crippen molar-refractivity contribution in [3.05, 3.63) is 80.8 Å². The molecule has 35 heavy (non-hydrogen) atoms. The van der Waals surface area contributed by atoms with Crippen LogP contribution < -0.4 is 5.32 Å². The summed E-state index contributed by atoms with van der Waals surface area (Å²) in [6, 6.07) is 15.2. The van der Waals surface area contributed by atoms with Crippen LogP contribution in [-0.2, 0) is 16.0 Å². The van der Waals surface area contributed by atoms with Crippen molar-refractivity contribution in [3.63, 3.8) is 0 Å². The molecule has 5 rings (SSSR count). The second-order valence-electron chi connectivity index (χ2n) is 10.1. The van der Waals surface area contributed by atoms with Crippen LogP contribution >= 0.6 is 11.3 Å². The van der Waals surface area contributed by atoms with Gasteiger partial charge < -0.3 is 10.1 Å². The second-order valence-corrected chi connectivity index (χ2v) is 11.6. The van der Waals surface area contributed by atoms with Crippen molar-refractivity contribution in [2.45, 2.75) is 52.0 Å². The van der Waals surface area contributed by atoms with E-state index in [0.29, 0.717) is 17.5 Å². The molecule has 2 aliphatic rings. The number of hydrogen-bond donors (Lipinski definition) is 1. The van der Waals surface area contributed by atoms with Crippen molar-refractivity contribution in [2.24, 2.45) is 11.3 Å². The number of carbonyl (C=O) groups is 2. The number of esters is 1. The van der Waals surface area contributed by atoms with Gasteiger partial charge in [0.2, 0.25) is 0 Å². The number of aryl methyl sites for hydroxylation is 2. The van der Waals surface area contributed by atoms with E-state index in [1.54, 1.807) is 17.4 Å². The average molecular weight is 492 g/mol. The highest BCUT2D eigenvalue weighted by molar-refractivity contribution is 7.12. The first-order valence-electron chi connectivity index (χ1n) is 12.1. The molecule has 1 amide bonds. The smallest absolute Gasteiger partial charge is 0.308 e. The first kappa shape index (κ1) is 23.7. The van der Waals surface area contributed by atoms with Gasteiger partial charge in [0.05, 0.1) is 18.6 Å². The van der Waals surface area contributed by atoms with Crippen molar-refractivity contribution in [2.75, 3.05) is 7.11 Å². The van der Waals surface area contributed by atoms with Crippen LogP contribution in [0.3, 0.4) is 0 Å². The lowest BCUT2D eigenvalue weighted by Gasteiger charge is -2.56. The van der Waals surface area contributed by atoms with Gasteiger partial charge in [0, 0.05) is 22.2 Å². The zero-order valence-electron chi connectivity index (χ0n) is 20.3. The number of thiophene rings is 1. The molecule has 3 aromatic rings. The fourth-order valence-electron chi connectivity index (χ4n) is 5.93. The molecule has 1 aromatic heterocycles. The van der Waals surface area contributed by atoms with E-state index >= 15 is 4.39 Å². The van der Waals surface area contributed by atoms with Crippen LogP contribution in [0.1, 0.15) is 56.9 Å².